The van der Waals surface area contributed by atoms with Gasteiger partial charge < -0.3 is 9.80 Å². The first kappa shape index (κ1) is 20.4. The van der Waals surface area contributed by atoms with Crippen LogP contribution in [0.5, 0.6) is 0 Å². The van der Waals surface area contributed by atoms with E-state index >= 15 is 0 Å². The predicted molar refractivity (Wildman–Crippen MR) is 100 cm³/mol. The second-order valence-corrected chi connectivity index (χ2v) is 7.58. The zero-order chi connectivity index (χ0) is 20.5. The molecule has 1 fully saturated rings. The topological polar surface area (TPSA) is 41.4 Å². The quantitative estimate of drug-likeness (QED) is 0.796. The largest absolute Gasteiger partial charge is 0.434 e. The Balaban J connectivity index is 1.86. The molecule has 1 aromatic carbocycles. The maximum Gasteiger partial charge on any atom is 0.434 e. The number of carbonyl (C=O) groups is 1. The smallest absolute Gasteiger partial charge is 0.341 e. The molecule has 1 aromatic heterocycles. The Morgan fingerprint density at radius 3 is 2.39 bits per heavy atom. The van der Waals surface area contributed by atoms with Gasteiger partial charge in [-0.2, -0.15) is 18.3 Å². The Morgan fingerprint density at radius 2 is 1.82 bits per heavy atom. The summed E-state index contributed by atoms with van der Waals surface area (Å²) in [7, 11) is 3.60. The maximum absolute atomic E-state index is 13.8. The standard InChI is InChI=1S/C20H25F3N4O/c1-14-4-6-16(7-5-14)27-18(20(21,22)23)17(12-24-27)19(28)26(3)13-15-8-10-25(2)11-9-15/h4-7,12,15H,8-11,13H2,1-3H3. The molecule has 0 saturated carbocycles. The molecule has 2 aromatic rings. The van der Waals surface area contributed by atoms with Gasteiger partial charge in [-0.1, -0.05) is 17.7 Å². The fourth-order valence-corrected chi connectivity index (χ4v) is 3.58. The molecule has 1 aliphatic rings. The SMILES string of the molecule is Cc1ccc(-n2ncc(C(=O)N(C)CC3CCN(C)CC3)c2C(F)(F)F)cc1. The monoisotopic (exact) mass is 394 g/mol. The van der Waals surface area contributed by atoms with E-state index in [-0.39, 0.29) is 5.69 Å². The van der Waals surface area contributed by atoms with Gasteiger partial charge in [0.1, 0.15) is 0 Å². The minimum Gasteiger partial charge on any atom is -0.341 e. The number of alkyl halides is 3. The average molecular weight is 394 g/mol. The number of nitrogens with zero attached hydrogens (tertiary/aromatic N) is 4. The molecule has 0 spiro atoms. The van der Waals surface area contributed by atoms with Crippen LogP contribution in [-0.2, 0) is 6.18 Å². The molecule has 2 heterocycles. The molecule has 0 radical (unpaired) electrons. The Hall–Kier alpha value is -2.35. The molecular formula is C20H25F3N4O. The van der Waals surface area contributed by atoms with Gasteiger partial charge in [0.2, 0.25) is 0 Å². The summed E-state index contributed by atoms with van der Waals surface area (Å²) >= 11 is 0. The summed E-state index contributed by atoms with van der Waals surface area (Å²) in [4.78, 5) is 16.4. The molecule has 1 saturated heterocycles. The van der Waals surface area contributed by atoms with E-state index in [0.29, 0.717) is 12.5 Å². The predicted octanol–water partition coefficient (Wildman–Crippen LogP) is 3.61. The first-order valence-electron chi connectivity index (χ1n) is 9.33. The first-order chi connectivity index (χ1) is 13.2. The van der Waals surface area contributed by atoms with Crippen LogP contribution in [0.2, 0.25) is 0 Å². The number of piperidine rings is 1. The van der Waals surface area contributed by atoms with Crippen molar-refractivity contribution in [2.24, 2.45) is 5.92 Å². The van der Waals surface area contributed by atoms with E-state index in [4.69, 9.17) is 0 Å². The highest BCUT2D eigenvalue weighted by molar-refractivity contribution is 5.95. The number of carbonyl (C=O) groups excluding carboxylic acids is 1. The number of halogens is 3. The molecular weight excluding hydrogens is 369 g/mol. The van der Waals surface area contributed by atoms with E-state index in [1.807, 2.05) is 14.0 Å². The van der Waals surface area contributed by atoms with Crippen molar-refractivity contribution in [3.05, 3.63) is 47.3 Å². The summed E-state index contributed by atoms with van der Waals surface area (Å²) in [6, 6.07) is 6.55. The van der Waals surface area contributed by atoms with Crippen LogP contribution in [0.15, 0.2) is 30.5 Å². The zero-order valence-corrected chi connectivity index (χ0v) is 16.3. The van der Waals surface area contributed by atoms with Crippen LogP contribution in [0.4, 0.5) is 13.2 Å². The lowest BCUT2D eigenvalue weighted by molar-refractivity contribution is -0.143. The maximum atomic E-state index is 13.8. The number of benzene rings is 1. The third kappa shape index (κ3) is 4.38. The molecule has 152 valence electrons. The van der Waals surface area contributed by atoms with Crippen LogP contribution < -0.4 is 0 Å². The number of amides is 1. The molecule has 1 amide bonds. The summed E-state index contributed by atoms with van der Waals surface area (Å²) in [6.45, 7) is 4.17. The third-order valence-corrected chi connectivity index (χ3v) is 5.26. The number of aromatic nitrogens is 2. The second-order valence-electron chi connectivity index (χ2n) is 7.58. The summed E-state index contributed by atoms with van der Waals surface area (Å²) in [5, 5.41) is 3.89. The highest BCUT2D eigenvalue weighted by Crippen LogP contribution is 2.34. The Labute approximate surface area is 162 Å². The van der Waals surface area contributed by atoms with Crippen LogP contribution in [-0.4, -0.2) is 59.2 Å². The van der Waals surface area contributed by atoms with E-state index in [0.717, 1.165) is 42.4 Å². The second kappa shape index (κ2) is 7.95. The van der Waals surface area contributed by atoms with Crippen molar-refractivity contribution in [3.8, 4) is 5.69 Å². The van der Waals surface area contributed by atoms with Crippen LogP contribution in [0.1, 0.15) is 34.5 Å². The van der Waals surface area contributed by atoms with Gasteiger partial charge in [-0.3, -0.25) is 4.79 Å². The molecule has 0 atom stereocenters. The van der Waals surface area contributed by atoms with Gasteiger partial charge >= 0.3 is 6.18 Å². The number of rotatable bonds is 4. The van der Waals surface area contributed by atoms with Gasteiger partial charge in [0.25, 0.3) is 5.91 Å². The molecule has 0 bridgehead atoms. The lowest BCUT2D eigenvalue weighted by Gasteiger charge is -2.31. The Kier molecular flexibility index (Phi) is 5.79. The molecule has 0 N–H and O–H groups in total. The van der Waals surface area contributed by atoms with Crippen LogP contribution in [0, 0.1) is 12.8 Å². The van der Waals surface area contributed by atoms with Crippen LogP contribution in [0.3, 0.4) is 0 Å². The fourth-order valence-electron chi connectivity index (χ4n) is 3.58. The van der Waals surface area contributed by atoms with Gasteiger partial charge in [0.15, 0.2) is 5.69 Å². The number of likely N-dealkylation sites (tertiary alicyclic amines) is 1. The Morgan fingerprint density at radius 1 is 1.21 bits per heavy atom. The van der Waals surface area contributed by atoms with Crippen molar-refractivity contribution in [1.82, 2.24) is 19.6 Å². The average Bonchev–Trinajstić information content (AvgIpc) is 3.09. The fraction of sp³-hybridized carbons (Fsp3) is 0.500. The van der Waals surface area contributed by atoms with Crippen LogP contribution >= 0.6 is 0 Å². The van der Waals surface area contributed by atoms with E-state index in [9.17, 15) is 18.0 Å². The summed E-state index contributed by atoms with van der Waals surface area (Å²) < 4.78 is 42.2. The van der Waals surface area contributed by atoms with E-state index < -0.39 is 23.3 Å². The van der Waals surface area contributed by atoms with Crippen LogP contribution in [0.25, 0.3) is 5.69 Å². The van der Waals surface area contributed by atoms with Gasteiger partial charge in [0.05, 0.1) is 17.4 Å². The van der Waals surface area contributed by atoms with Crippen molar-refractivity contribution in [2.45, 2.75) is 25.9 Å². The van der Waals surface area contributed by atoms with Crippen molar-refractivity contribution >= 4 is 5.91 Å². The summed E-state index contributed by atoms with van der Waals surface area (Å²) in [5.74, 6) is -0.351. The summed E-state index contributed by atoms with van der Waals surface area (Å²) in [5.41, 5.74) is -0.242. The molecule has 3 rings (SSSR count). The minimum absolute atomic E-state index is 0.273. The molecule has 1 aliphatic heterocycles. The molecule has 5 nitrogen and oxygen atoms in total. The normalized spacial score (nSPS) is 16.4. The van der Waals surface area contributed by atoms with Crippen molar-refractivity contribution in [3.63, 3.8) is 0 Å². The number of hydrogen-bond acceptors (Lipinski definition) is 3. The highest BCUT2D eigenvalue weighted by atomic mass is 19.4. The lowest BCUT2D eigenvalue weighted by Crippen LogP contribution is -2.38. The van der Waals surface area contributed by atoms with Gasteiger partial charge in [-0.25, -0.2) is 4.68 Å². The third-order valence-electron chi connectivity index (χ3n) is 5.26. The van der Waals surface area contributed by atoms with E-state index in [1.54, 1.807) is 31.3 Å². The molecule has 0 unspecified atom stereocenters. The highest BCUT2D eigenvalue weighted by Gasteiger charge is 2.41. The van der Waals surface area contributed by atoms with Gasteiger partial charge in [0, 0.05) is 13.6 Å². The van der Waals surface area contributed by atoms with Gasteiger partial charge in [-0.05, 0) is 58.0 Å². The number of aryl methyl sites for hydroxylation is 1. The molecule has 0 aliphatic carbocycles. The van der Waals surface area contributed by atoms with Crippen molar-refractivity contribution in [2.75, 3.05) is 33.7 Å². The van der Waals surface area contributed by atoms with Crippen molar-refractivity contribution in [1.29, 1.82) is 0 Å². The van der Waals surface area contributed by atoms with E-state index in [2.05, 4.69) is 10.00 Å². The van der Waals surface area contributed by atoms with Crippen molar-refractivity contribution < 1.29 is 18.0 Å². The zero-order valence-electron chi connectivity index (χ0n) is 16.3. The lowest BCUT2D eigenvalue weighted by atomic mass is 9.96. The number of hydrogen-bond donors (Lipinski definition) is 0. The van der Waals surface area contributed by atoms with E-state index in [1.165, 1.54) is 4.90 Å². The molecule has 8 heteroatoms. The Bertz CT molecular complexity index is 821. The molecule has 28 heavy (non-hydrogen) atoms. The first-order valence-corrected chi connectivity index (χ1v) is 9.33. The summed E-state index contributed by atoms with van der Waals surface area (Å²) in [6.07, 6.45) is -1.80. The van der Waals surface area contributed by atoms with Gasteiger partial charge in [-0.15, -0.1) is 0 Å². The minimum atomic E-state index is -4.69.